The zero-order chi connectivity index (χ0) is 19.6. The molecule has 142 valence electrons. The Kier molecular flexibility index (Phi) is 4.74. The summed E-state index contributed by atoms with van der Waals surface area (Å²) in [6.07, 6.45) is 3.96. The van der Waals surface area contributed by atoms with Gasteiger partial charge in [0, 0.05) is 30.1 Å². The summed E-state index contributed by atoms with van der Waals surface area (Å²) in [5.41, 5.74) is 2.77. The van der Waals surface area contributed by atoms with Crippen LogP contribution in [-0.2, 0) is 10.5 Å². The van der Waals surface area contributed by atoms with E-state index in [1.807, 2.05) is 67.6 Å². The number of Topliss-reactive ketones (excluding diaryl/α,β-unsaturated/α-hetero) is 1. The highest BCUT2D eigenvalue weighted by Gasteiger charge is 2.51. The molecule has 0 saturated heterocycles. The lowest BCUT2D eigenvalue weighted by Crippen LogP contribution is -2.47. The Bertz CT molecular complexity index is 990. The molecule has 3 aromatic rings. The van der Waals surface area contributed by atoms with Gasteiger partial charge in [-0.15, -0.1) is 0 Å². The number of para-hydroxylation sites is 2. The number of hydrogen-bond acceptors (Lipinski definition) is 5. The standard InChI is InChI=1S/C23H23N3O2/c1-3-20(27)22-17-15-24-14-13-18(17)25-23(22,16-9-5-4-6-10-16)26-19-11-7-8-12-21(19)28-2/h4-15,22,25-26H,3H2,1-2H3. The van der Waals surface area contributed by atoms with E-state index in [1.54, 1.807) is 19.5 Å². The maximum atomic E-state index is 13.2. The van der Waals surface area contributed by atoms with Crippen LogP contribution >= 0.6 is 0 Å². The maximum Gasteiger partial charge on any atom is 0.149 e. The second-order valence-electron chi connectivity index (χ2n) is 6.84. The van der Waals surface area contributed by atoms with Gasteiger partial charge in [0.25, 0.3) is 0 Å². The highest BCUT2D eigenvalue weighted by molar-refractivity contribution is 5.93. The molecule has 0 fully saturated rings. The highest BCUT2D eigenvalue weighted by atomic mass is 16.5. The molecule has 0 spiro atoms. The summed E-state index contributed by atoms with van der Waals surface area (Å²) < 4.78 is 5.55. The molecule has 5 nitrogen and oxygen atoms in total. The van der Waals surface area contributed by atoms with Gasteiger partial charge in [0.1, 0.15) is 17.2 Å². The van der Waals surface area contributed by atoms with Gasteiger partial charge in [-0.05, 0) is 23.8 Å². The molecule has 0 amide bonds. The van der Waals surface area contributed by atoms with Crippen LogP contribution in [0.4, 0.5) is 11.4 Å². The minimum absolute atomic E-state index is 0.144. The van der Waals surface area contributed by atoms with Crippen LogP contribution in [0.25, 0.3) is 0 Å². The van der Waals surface area contributed by atoms with Crippen molar-refractivity contribution >= 4 is 17.2 Å². The van der Waals surface area contributed by atoms with Gasteiger partial charge in [0.2, 0.25) is 0 Å². The summed E-state index contributed by atoms with van der Waals surface area (Å²) in [7, 11) is 1.64. The molecule has 2 N–H and O–H groups in total. The number of ketones is 1. The van der Waals surface area contributed by atoms with Crippen LogP contribution in [-0.4, -0.2) is 17.9 Å². The number of nitrogens with one attached hydrogen (secondary N) is 2. The molecule has 1 aliphatic rings. The molecule has 0 saturated carbocycles. The van der Waals surface area contributed by atoms with Crippen molar-refractivity contribution in [2.45, 2.75) is 24.9 Å². The van der Waals surface area contributed by atoms with Crippen molar-refractivity contribution in [2.24, 2.45) is 0 Å². The number of benzene rings is 2. The number of pyridine rings is 1. The average Bonchev–Trinajstić information content (AvgIpc) is 3.09. The first-order valence-electron chi connectivity index (χ1n) is 9.41. The summed E-state index contributed by atoms with van der Waals surface area (Å²) in [5.74, 6) is 0.440. The molecular weight excluding hydrogens is 350 g/mol. The van der Waals surface area contributed by atoms with Crippen LogP contribution in [0, 0.1) is 0 Å². The van der Waals surface area contributed by atoms with Gasteiger partial charge >= 0.3 is 0 Å². The van der Waals surface area contributed by atoms with Gasteiger partial charge in [-0.25, -0.2) is 0 Å². The van der Waals surface area contributed by atoms with Crippen molar-refractivity contribution in [2.75, 3.05) is 17.7 Å². The van der Waals surface area contributed by atoms with Gasteiger partial charge in [-0.3, -0.25) is 9.78 Å². The van der Waals surface area contributed by atoms with Crippen molar-refractivity contribution in [1.29, 1.82) is 0 Å². The van der Waals surface area contributed by atoms with E-state index in [4.69, 9.17) is 4.74 Å². The van der Waals surface area contributed by atoms with Crippen molar-refractivity contribution in [3.8, 4) is 5.75 Å². The largest absolute Gasteiger partial charge is 0.495 e. The lowest BCUT2D eigenvalue weighted by Gasteiger charge is -2.38. The van der Waals surface area contributed by atoms with Crippen molar-refractivity contribution < 1.29 is 9.53 Å². The summed E-state index contributed by atoms with van der Waals surface area (Å²) in [4.78, 5) is 17.4. The van der Waals surface area contributed by atoms with Gasteiger partial charge in [-0.2, -0.15) is 0 Å². The fourth-order valence-corrected chi connectivity index (χ4v) is 3.96. The molecule has 2 atom stereocenters. The van der Waals surface area contributed by atoms with E-state index in [0.717, 1.165) is 28.3 Å². The average molecular weight is 373 g/mol. The van der Waals surface area contributed by atoms with E-state index in [9.17, 15) is 4.79 Å². The SMILES string of the molecule is CCC(=O)C1c2cnccc2NC1(Nc1ccccc1OC)c1ccccc1. The first-order valence-corrected chi connectivity index (χ1v) is 9.41. The van der Waals surface area contributed by atoms with Crippen LogP contribution in [0.15, 0.2) is 73.1 Å². The number of ether oxygens (including phenoxy) is 1. The highest BCUT2D eigenvalue weighted by Crippen LogP contribution is 2.50. The second-order valence-corrected chi connectivity index (χ2v) is 6.84. The first-order chi connectivity index (χ1) is 13.7. The summed E-state index contributed by atoms with van der Waals surface area (Å²) in [5, 5.41) is 7.22. The number of carbonyl (C=O) groups excluding carboxylic acids is 1. The third-order valence-electron chi connectivity index (χ3n) is 5.27. The number of fused-ring (bicyclic) bond motifs is 1. The number of aromatic nitrogens is 1. The molecule has 0 bridgehead atoms. The topological polar surface area (TPSA) is 63.2 Å². The van der Waals surface area contributed by atoms with Crippen molar-refractivity contribution in [1.82, 2.24) is 4.98 Å². The third-order valence-corrected chi connectivity index (χ3v) is 5.27. The van der Waals surface area contributed by atoms with E-state index in [-0.39, 0.29) is 5.78 Å². The van der Waals surface area contributed by atoms with E-state index in [1.165, 1.54) is 0 Å². The molecule has 2 unspecified atom stereocenters. The Morgan fingerprint density at radius 1 is 1.14 bits per heavy atom. The Balaban J connectivity index is 1.92. The van der Waals surface area contributed by atoms with Crippen LogP contribution in [0.1, 0.15) is 30.4 Å². The number of anilines is 2. The van der Waals surface area contributed by atoms with Crippen LogP contribution in [0.3, 0.4) is 0 Å². The second kappa shape index (κ2) is 7.35. The predicted octanol–water partition coefficient (Wildman–Crippen LogP) is 4.54. The number of methoxy groups -OCH3 is 1. The number of hydrogen-bond donors (Lipinski definition) is 2. The maximum absolute atomic E-state index is 13.2. The fraction of sp³-hybridized carbons (Fsp3) is 0.217. The zero-order valence-corrected chi connectivity index (χ0v) is 16.0. The zero-order valence-electron chi connectivity index (χ0n) is 16.0. The lowest BCUT2D eigenvalue weighted by atomic mass is 9.80. The van der Waals surface area contributed by atoms with Crippen molar-refractivity contribution in [3.05, 3.63) is 84.2 Å². The minimum atomic E-state index is -0.839. The smallest absolute Gasteiger partial charge is 0.149 e. The van der Waals surface area contributed by atoms with Gasteiger partial charge in [0.05, 0.1) is 18.7 Å². The molecular formula is C23H23N3O2. The molecule has 28 heavy (non-hydrogen) atoms. The van der Waals surface area contributed by atoms with Crippen molar-refractivity contribution in [3.63, 3.8) is 0 Å². The third kappa shape index (κ3) is 2.89. The normalized spacial score (nSPS) is 20.1. The van der Waals surface area contributed by atoms with E-state index in [0.29, 0.717) is 6.42 Å². The summed E-state index contributed by atoms with van der Waals surface area (Å²) in [6.45, 7) is 1.90. The number of rotatable bonds is 6. The Labute approximate surface area is 164 Å². The molecule has 5 heteroatoms. The fourth-order valence-electron chi connectivity index (χ4n) is 3.96. The van der Waals surface area contributed by atoms with E-state index >= 15 is 0 Å². The Morgan fingerprint density at radius 3 is 2.64 bits per heavy atom. The molecule has 4 rings (SSSR count). The molecule has 0 aliphatic carbocycles. The minimum Gasteiger partial charge on any atom is -0.495 e. The number of carbonyl (C=O) groups is 1. The Hall–Kier alpha value is -3.34. The van der Waals surface area contributed by atoms with Crippen LogP contribution < -0.4 is 15.4 Å². The Morgan fingerprint density at radius 2 is 1.89 bits per heavy atom. The monoisotopic (exact) mass is 373 g/mol. The first kappa shape index (κ1) is 18.0. The molecule has 2 aromatic carbocycles. The van der Waals surface area contributed by atoms with Crippen LogP contribution in [0.5, 0.6) is 5.75 Å². The van der Waals surface area contributed by atoms with E-state index < -0.39 is 11.6 Å². The molecule has 1 aliphatic heterocycles. The quantitative estimate of drug-likeness (QED) is 0.664. The van der Waals surface area contributed by atoms with Gasteiger partial charge in [-0.1, -0.05) is 49.4 Å². The summed E-state index contributed by atoms with van der Waals surface area (Å²) in [6, 6.07) is 19.7. The van der Waals surface area contributed by atoms with Gasteiger partial charge in [0.15, 0.2) is 0 Å². The summed E-state index contributed by atoms with van der Waals surface area (Å²) >= 11 is 0. The molecule has 0 radical (unpaired) electrons. The molecule has 2 heterocycles. The predicted molar refractivity (Wildman–Crippen MR) is 111 cm³/mol. The van der Waals surface area contributed by atoms with Gasteiger partial charge < -0.3 is 15.4 Å². The van der Waals surface area contributed by atoms with Crippen LogP contribution in [0.2, 0.25) is 0 Å². The lowest BCUT2D eigenvalue weighted by molar-refractivity contribution is -0.121. The molecule has 1 aromatic heterocycles. The number of nitrogens with zero attached hydrogens (tertiary/aromatic N) is 1. The van der Waals surface area contributed by atoms with E-state index in [2.05, 4.69) is 15.6 Å².